The van der Waals surface area contributed by atoms with Crippen LogP contribution in [0.3, 0.4) is 0 Å². The molecule has 0 aromatic heterocycles. The number of amides is 1. The van der Waals surface area contributed by atoms with Gasteiger partial charge in [-0.1, -0.05) is 42.5 Å². The smallest absolute Gasteiger partial charge is 0.407 e. The van der Waals surface area contributed by atoms with Gasteiger partial charge in [0.05, 0.1) is 5.60 Å². The summed E-state index contributed by atoms with van der Waals surface area (Å²) in [5.74, 6) is 0.282. The van der Waals surface area contributed by atoms with Crippen molar-refractivity contribution in [3.05, 3.63) is 42.0 Å². The van der Waals surface area contributed by atoms with Crippen molar-refractivity contribution in [2.75, 3.05) is 13.7 Å². The highest BCUT2D eigenvalue weighted by molar-refractivity contribution is 5.67. The lowest BCUT2D eigenvalue weighted by Crippen LogP contribution is -2.34. The van der Waals surface area contributed by atoms with Gasteiger partial charge in [-0.2, -0.15) is 0 Å². The summed E-state index contributed by atoms with van der Waals surface area (Å²) in [4.78, 5) is 11.7. The summed E-state index contributed by atoms with van der Waals surface area (Å²) < 4.78 is 10.9. The van der Waals surface area contributed by atoms with Gasteiger partial charge >= 0.3 is 6.09 Å². The lowest BCUT2D eigenvalue weighted by molar-refractivity contribution is 0.0514. The molecule has 1 N–H and O–H groups in total. The number of carbonyl (C=O) groups excluding carboxylic acids is 1. The van der Waals surface area contributed by atoms with E-state index in [1.165, 1.54) is 0 Å². The third-order valence-electron chi connectivity index (χ3n) is 3.73. The molecule has 1 amide bonds. The Kier molecular flexibility index (Phi) is 4.91. The van der Waals surface area contributed by atoms with Crippen molar-refractivity contribution < 1.29 is 14.3 Å². The van der Waals surface area contributed by atoms with Gasteiger partial charge in [0.2, 0.25) is 0 Å². The van der Waals surface area contributed by atoms with Crippen molar-refractivity contribution in [1.29, 1.82) is 0 Å². The fourth-order valence-corrected chi connectivity index (χ4v) is 2.42. The minimum atomic E-state index is -0.473. The molecule has 0 saturated heterocycles. The van der Waals surface area contributed by atoms with Gasteiger partial charge in [-0.15, -0.1) is 0 Å². The summed E-state index contributed by atoms with van der Waals surface area (Å²) in [5.41, 5.74) is 0.397. The Bertz CT molecular complexity index is 533. The summed E-state index contributed by atoms with van der Waals surface area (Å²) in [6.45, 7) is 6.12. The molecule has 1 fully saturated rings. The molecule has 120 valence electrons. The molecule has 4 heteroatoms. The summed E-state index contributed by atoms with van der Waals surface area (Å²) in [6.07, 6.45) is 4.68. The highest BCUT2D eigenvalue weighted by Gasteiger charge is 2.52. The van der Waals surface area contributed by atoms with E-state index in [1.54, 1.807) is 7.11 Å². The molecule has 22 heavy (non-hydrogen) atoms. The largest absolute Gasteiger partial charge is 0.444 e. The van der Waals surface area contributed by atoms with E-state index in [9.17, 15) is 4.79 Å². The molecular weight excluding hydrogens is 278 g/mol. The van der Waals surface area contributed by atoms with Crippen LogP contribution in [0.2, 0.25) is 0 Å². The first kappa shape index (κ1) is 16.6. The topological polar surface area (TPSA) is 47.6 Å². The molecule has 0 spiro atoms. The number of hydrogen-bond donors (Lipinski definition) is 1. The van der Waals surface area contributed by atoms with Crippen LogP contribution in [0, 0.1) is 5.92 Å². The molecule has 1 aliphatic carbocycles. The summed E-state index contributed by atoms with van der Waals surface area (Å²) >= 11 is 0. The van der Waals surface area contributed by atoms with E-state index in [2.05, 4.69) is 29.6 Å². The second-order valence-corrected chi connectivity index (χ2v) is 6.69. The Balaban J connectivity index is 1.85. The van der Waals surface area contributed by atoms with Gasteiger partial charge < -0.3 is 14.8 Å². The van der Waals surface area contributed by atoms with Gasteiger partial charge in [-0.25, -0.2) is 4.79 Å². The molecule has 1 saturated carbocycles. The number of benzene rings is 1. The summed E-state index contributed by atoms with van der Waals surface area (Å²) in [6, 6.07) is 10.1. The fraction of sp³-hybridized carbons (Fsp3) is 0.500. The highest BCUT2D eigenvalue weighted by Crippen LogP contribution is 2.47. The average Bonchev–Trinajstić information content (AvgIpc) is 3.16. The van der Waals surface area contributed by atoms with Gasteiger partial charge in [0, 0.05) is 19.6 Å². The van der Waals surface area contributed by atoms with Crippen LogP contribution < -0.4 is 5.32 Å². The van der Waals surface area contributed by atoms with E-state index < -0.39 is 5.60 Å². The lowest BCUT2D eigenvalue weighted by Gasteiger charge is -2.20. The molecule has 1 aliphatic rings. The maximum Gasteiger partial charge on any atom is 0.407 e. The zero-order valence-corrected chi connectivity index (χ0v) is 13.8. The van der Waals surface area contributed by atoms with Crippen LogP contribution in [0.5, 0.6) is 0 Å². The van der Waals surface area contributed by atoms with Crippen LogP contribution in [0.15, 0.2) is 36.4 Å². The molecule has 2 rings (SSSR count). The summed E-state index contributed by atoms with van der Waals surface area (Å²) in [5, 5.41) is 2.81. The number of carbonyl (C=O) groups is 1. The normalized spacial score (nSPS) is 24.3. The van der Waals surface area contributed by atoms with Gasteiger partial charge in [0.25, 0.3) is 0 Å². The molecule has 0 aliphatic heterocycles. The number of rotatable bonds is 5. The third-order valence-corrected chi connectivity index (χ3v) is 3.73. The Hall–Kier alpha value is -1.81. The van der Waals surface area contributed by atoms with Crippen molar-refractivity contribution in [1.82, 2.24) is 5.32 Å². The van der Waals surface area contributed by atoms with Crippen molar-refractivity contribution in [3.8, 4) is 0 Å². The van der Waals surface area contributed by atoms with Gasteiger partial charge in [-0.05, 0) is 32.8 Å². The molecule has 1 aromatic rings. The monoisotopic (exact) mass is 303 g/mol. The maximum absolute atomic E-state index is 11.7. The Morgan fingerprint density at radius 3 is 2.64 bits per heavy atom. The van der Waals surface area contributed by atoms with Crippen LogP contribution in [0.25, 0.3) is 6.08 Å². The van der Waals surface area contributed by atoms with E-state index >= 15 is 0 Å². The summed E-state index contributed by atoms with van der Waals surface area (Å²) in [7, 11) is 1.71. The van der Waals surface area contributed by atoms with Crippen molar-refractivity contribution >= 4 is 12.2 Å². The fourth-order valence-electron chi connectivity index (χ4n) is 2.42. The van der Waals surface area contributed by atoms with E-state index in [0.29, 0.717) is 6.54 Å². The number of nitrogens with one attached hydrogen (secondary N) is 1. The van der Waals surface area contributed by atoms with Crippen molar-refractivity contribution in [3.63, 3.8) is 0 Å². The van der Waals surface area contributed by atoms with E-state index in [4.69, 9.17) is 9.47 Å². The standard InChI is InChI=1S/C18H25NO3/c1-17(2,3)22-16(20)19-13-15-12-18(15,21-4)11-10-14-8-6-5-7-9-14/h5-11,15H,12-13H2,1-4H3,(H,19,20)/b11-10+/t15-,18-/m0/s1. The van der Waals surface area contributed by atoms with Gasteiger partial charge in [-0.3, -0.25) is 0 Å². The van der Waals surface area contributed by atoms with Crippen LogP contribution in [-0.4, -0.2) is 30.9 Å². The minimum absolute atomic E-state index is 0.273. The minimum Gasteiger partial charge on any atom is -0.444 e. The Labute approximate surface area is 132 Å². The molecule has 0 heterocycles. The number of alkyl carbamates (subject to hydrolysis) is 1. The number of methoxy groups -OCH3 is 1. The quantitative estimate of drug-likeness (QED) is 0.903. The lowest BCUT2D eigenvalue weighted by atomic mass is 10.1. The van der Waals surface area contributed by atoms with Crippen molar-refractivity contribution in [2.45, 2.75) is 38.4 Å². The van der Waals surface area contributed by atoms with Crippen LogP contribution in [0.1, 0.15) is 32.8 Å². The molecule has 0 unspecified atom stereocenters. The van der Waals surface area contributed by atoms with E-state index in [-0.39, 0.29) is 17.6 Å². The zero-order valence-electron chi connectivity index (χ0n) is 13.8. The van der Waals surface area contributed by atoms with Crippen LogP contribution in [0.4, 0.5) is 4.79 Å². The molecular formula is C18H25NO3. The molecule has 1 aromatic carbocycles. The van der Waals surface area contributed by atoms with Gasteiger partial charge in [0.1, 0.15) is 5.60 Å². The van der Waals surface area contributed by atoms with Gasteiger partial charge in [0.15, 0.2) is 0 Å². The average molecular weight is 303 g/mol. The second-order valence-electron chi connectivity index (χ2n) is 6.69. The predicted octanol–water partition coefficient (Wildman–Crippen LogP) is 3.63. The molecule has 0 bridgehead atoms. The Morgan fingerprint density at radius 1 is 1.36 bits per heavy atom. The van der Waals surface area contributed by atoms with Crippen LogP contribution in [-0.2, 0) is 9.47 Å². The molecule has 2 atom stereocenters. The van der Waals surface area contributed by atoms with E-state index in [0.717, 1.165) is 12.0 Å². The highest BCUT2D eigenvalue weighted by atomic mass is 16.6. The first-order valence-electron chi connectivity index (χ1n) is 7.61. The van der Waals surface area contributed by atoms with Crippen LogP contribution >= 0.6 is 0 Å². The number of ether oxygens (including phenoxy) is 2. The molecule has 0 radical (unpaired) electrons. The second kappa shape index (κ2) is 6.53. The van der Waals surface area contributed by atoms with Crippen molar-refractivity contribution in [2.24, 2.45) is 5.92 Å². The first-order chi connectivity index (χ1) is 10.3. The van der Waals surface area contributed by atoms with E-state index in [1.807, 2.05) is 39.0 Å². The maximum atomic E-state index is 11.7. The Morgan fingerprint density at radius 2 is 2.05 bits per heavy atom. The predicted molar refractivity (Wildman–Crippen MR) is 87.6 cm³/mol. The SMILES string of the molecule is CO[C@@]1(/C=C/c2ccccc2)C[C@H]1CNC(=O)OC(C)(C)C. The molecule has 4 nitrogen and oxygen atoms in total. The third kappa shape index (κ3) is 4.60. The number of hydrogen-bond acceptors (Lipinski definition) is 3. The first-order valence-corrected chi connectivity index (χ1v) is 7.61. The zero-order chi connectivity index (χ0) is 16.2.